The average molecular weight is 1210 g/mol. The van der Waals surface area contributed by atoms with Crippen molar-refractivity contribution < 1.29 is 89.1 Å². The minimum atomic E-state index is -1.99. The van der Waals surface area contributed by atoms with Crippen molar-refractivity contribution in [1.82, 2.24) is 10.6 Å². The third-order valence-corrected chi connectivity index (χ3v) is 17.0. The Labute approximate surface area is 504 Å². The maximum absolute atomic E-state index is 13.4. The van der Waals surface area contributed by atoms with Gasteiger partial charge in [0.1, 0.15) is 73.2 Å². The number of aliphatic hydroxyl groups excluding tert-OH is 10. The molecule has 17 unspecified atom stereocenters. The molecule has 0 aromatic heterocycles. The van der Waals surface area contributed by atoms with Crippen molar-refractivity contribution >= 4 is 11.8 Å². The van der Waals surface area contributed by atoms with E-state index in [-0.39, 0.29) is 18.9 Å². The van der Waals surface area contributed by atoms with E-state index >= 15 is 0 Å². The molecule has 20 nitrogen and oxygen atoms in total. The number of ether oxygens (including phenoxy) is 6. The summed E-state index contributed by atoms with van der Waals surface area (Å²) in [5.41, 5.74) is 0. The molecule has 0 aromatic rings. The number of nitrogens with one attached hydrogen (secondary N) is 2. The van der Waals surface area contributed by atoms with Gasteiger partial charge < -0.3 is 90.1 Å². The highest BCUT2D eigenvalue weighted by atomic mass is 16.8. The van der Waals surface area contributed by atoms with E-state index in [1.807, 2.05) is 6.08 Å². The van der Waals surface area contributed by atoms with Crippen molar-refractivity contribution in [2.45, 2.75) is 356 Å². The van der Waals surface area contributed by atoms with Gasteiger partial charge in [0, 0.05) is 13.3 Å². The van der Waals surface area contributed by atoms with E-state index < -0.39 is 130 Å². The van der Waals surface area contributed by atoms with Gasteiger partial charge in [-0.05, 0) is 19.3 Å². The average Bonchev–Trinajstić information content (AvgIpc) is 2.72. The topological polar surface area (TPSA) is 316 Å². The summed E-state index contributed by atoms with van der Waals surface area (Å²) in [4.78, 5) is 25.4. The standard InChI is InChI=1S/C64H120N2O18/c1-4-6-8-10-12-14-16-18-19-20-21-22-23-24-25-26-27-29-31-33-35-37-39-41-52(72)66-47(48(71)40-38-36-34-32-30-28-17-15-13-11-9-7-5-2)45-79-63-58(77)56(75)61(50(43-68)81-63)84-64-59(78)57(76)60(51(44-69)82-64)83-62-53(65-46(3)70)55(74)54(73)49(42-67)80-62/h38,40,47-51,53-64,67-69,71,73-78H,4-37,39,41-45H2,1-3H3,(H,65,70)(H,66,72). The van der Waals surface area contributed by atoms with Gasteiger partial charge in [-0.2, -0.15) is 0 Å². The predicted molar refractivity (Wildman–Crippen MR) is 321 cm³/mol. The summed E-state index contributed by atoms with van der Waals surface area (Å²) in [5.74, 6) is -0.920. The molecule has 494 valence electrons. The number of unbranched alkanes of at least 4 members (excludes halogenated alkanes) is 33. The van der Waals surface area contributed by atoms with Gasteiger partial charge in [-0.1, -0.05) is 231 Å². The maximum Gasteiger partial charge on any atom is 0.220 e. The second-order valence-electron chi connectivity index (χ2n) is 24.3. The van der Waals surface area contributed by atoms with E-state index in [0.29, 0.717) is 6.42 Å². The first-order chi connectivity index (χ1) is 40.7. The Morgan fingerprint density at radius 2 is 0.833 bits per heavy atom. The van der Waals surface area contributed by atoms with Gasteiger partial charge in [0.25, 0.3) is 0 Å². The number of allylic oxidation sites excluding steroid dienone is 1. The first kappa shape index (κ1) is 76.3. The first-order valence-electron chi connectivity index (χ1n) is 33.4. The van der Waals surface area contributed by atoms with Crippen molar-refractivity contribution in [3.8, 4) is 0 Å². The third-order valence-electron chi connectivity index (χ3n) is 17.0. The molecule has 0 aliphatic carbocycles. The minimum absolute atomic E-state index is 0.245. The zero-order chi connectivity index (χ0) is 61.3. The van der Waals surface area contributed by atoms with Crippen LogP contribution in [0.5, 0.6) is 0 Å². The Morgan fingerprint density at radius 1 is 0.464 bits per heavy atom. The fourth-order valence-corrected chi connectivity index (χ4v) is 11.7. The van der Waals surface area contributed by atoms with Gasteiger partial charge in [0.15, 0.2) is 18.9 Å². The van der Waals surface area contributed by atoms with Crippen LogP contribution in [-0.2, 0) is 38.0 Å². The Balaban J connectivity index is 1.47. The molecule has 20 heteroatoms. The summed E-state index contributed by atoms with van der Waals surface area (Å²) in [6.45, 7) is 2.86. The molecule has 0 aromatic carbocycles. The van der Waals surface area contributed by atoms with E-state index in [1.54, 1.807) is 6.08 Å². The van der Waals surface area contributed by atoms with Crippen LogP contribution in [-0.4, -0.2) is 194 Å². The molecule has 3 aliphatic rings. The van der Waals surface area contributed by atoms with E-state index in [0.717, 1.165) is 51.9 Å². The fraction of sp³-hybridized carbons (Fsp3) is 0.938. The van der Waals surface area contributed by atoms with Crippen molar-refractivity contribution in [1.29, 1.82) is 0 Å². The highest BCUT2D eigenvalue weighted by Gasteiger charge is 2.54. The molecule has 0 spiro atoms. The van der Waals surface area contributed by atoms with Crippen LogP contribution >= 0.6 is 0 Å². The van der Waals surface area contributed by atoms with Crippen LogP contribution in [0.2, 0.25) is 0 Å². The van der Waals surface area contributed by atoms with Crippen molar-refractivity contribution in [3.05, 3.63) is 12.2 Å². The summed E-state index contributed by atoms with van der Waals surface area (Å²) in [7, 11) is 0. The van der Waals surface area contributed by atoms with Crippen LogP contribution < -0.4 is 10.6 Å². The highest BCUT2D eigenvalue weighted by molar-refractivity contribution is 5.76. The highest BCUT2D eigenvalue weighted by Crippen LogP contribution is 2.33. The van der Waals surface area contributed by atoms with Crippen molar-refractivity contribution in [2.24, 2.45) is 0 Å². The van der Waals surface area contributed by atoms with Crippen LogP contribution in [0, 0.1) is 0 Å². The quantitative estimate of drug-likeness (QED) is 0.0214. The van der Waals surface area contributed by atoms with Gasteiger partial charge in [0.2, 0.25) is 11.8 Å². The number of hydrogen-bond acceptors (Lipinski definition) is 18. The summed E-state index contributed by atoms with van der Waals surface area (Å²) < 4.78 is 34.9. The van der Waals surface area contributed by atoms with Crippen molar-refractivity contribution in [3.63, 3.8) is 0 Å². The Morgan fingerprint density at radius 3 is 1.25 bits per heavy atom. The first-order valence-corrected chi connectivity index (χ1v) is 33.4. The number of rotatable bonds is 50. The van der Waals surface area contributed by atoms with Crippen molar-refractivity contribution in [2.75, 3.05) is 26.4 Å². The third kappa shape index (κ3) is 30.0. The zero-order valence-electron chi connectivity index (χ0n) is 52.0. The molecule has 0 bridgehead atoms. The largest absolute Gasteiger partial charge is 0.394 e. The van der Waals surface area contributed by atoms with Gasteiger partial charge in [-0.25, -0.2) is 0 Å². The summed E-state index contributed by atoms with van der Waals surface area (Å²) >= 11 is 0. The number of carbonyl (C=O) groups is 2. The smallest absolute Gasteiger partial charge is 0.220 e. The fourth-order valence-electron chi connectivity index (χ4n) is 11.7. The molecular weight excluding hydrogens is 1080 g/mol. The summed E-state index contributed by atoms with van der Waals surface area (Å²) in [6.07, 6.45) is 22.5. The minimum Gasteiger partial charge on any atom is -0.394 e. The number of amides is 2. The monoisotopic (exact) mass is 1200 g/mol. The molecule has 84 heavy (non-hydrogen) atoms. The molecule has 0 saturated carbocycles. The Kier molecular flexibility index (Phi) is 42.7. The van der Waals surface area contributed by atoms with Crippen LogP contribution in [0.1, 0.15) is 252 Å². The lowest BCUT2D eigenvalue weighted by atomic mass is 9.95. The lowest BCUT2D eigenvalue weighted by Crippen LogP contribution is -2.68. The Bertz CT molecular complexity index is 1650. The number of carbonyl (C=O) groups excluding carboxylic acids is 2. The SMILES string of the molecule is CCCCCCCCCCCCCC=CC(O)C(COC1OC(CO)C(OC2OC(CO)C(OC3OC(CO)C(O)C(O)C3NC(C)=O)C(O)C2O)C(O)C1O)NC(=O)CCCCCCCCCCCCCCCCCCCCCCCCC. The molecule has 3 fully saturated rings. The molecule has 3 saturated heterocycles. The number of hydrogen-bond donors (Lipinski definition) is 12. The van der Waals surface area contributed by atoms with Gasteiger partial charge >= 0.3 is 0 Å². The maximum atomic E-state index is 13.4. The second-order valence-corrected chi connectivity index (χ2v) is 24.3. The van der Waals surface area contributed by atoms with Crippen LogP contribution in [0.3, 0.4) is 0 Å². The van der Waals surface area contributed by atoms with Crippen LogP contribution in [0.4, 0.5) is 0 Å². The molecule has 2 amide bonds. The summed E-state index contributed by atoms with van der Waals surface area (Å²) in [5, 5.41) is 114. The van der Waals surface area contributed by atoms with E-state index in [4.69, 9.17) is 28.4 Å². The van der Waals surface area contributed by atoms with Crippen LogP contribution in [0.15, 0.2) is 12.2 Å². The van der Waals surface area contributed by atoms with Gasteiger partial charge in [-0.3, -0.25) is 9.59 Å². The number of aliphatic hydroxyl groups is 10. The molecule has 0 radical (unpaired) electrons. The van der Waals surface area contributed by atoms with E-state index in [1.165, 1.54) is 173 Å². The van der Waals surface area contributed by atoms with Gasteiger partial charge in [0.05, 0.1) is 38.6 Å². The predicted octanol–water partition coefficient (Wildman–Crippen LogP) is 7.08. The lowest BCUT2D eigenvalue weighted by Gasteiger charge is -2.48. The molecule has 3 heterocycles. The zero-order valence-corrected chi connectivity index (χ0v) is 52.0. The van der Waals surface area contributed by atoms with E-state index in [9.17, 15) is 60.7 Å². The Hall–Kier alpha value is -1.96. The molecular formula is C64H120N2O18. The normalized spacial score (nSPS) is 29.1. The van der Waals surface area contributed by atoms with Crippen LogP contribution in [0.25, 0.3) is 0 Å². The molecule has 17 atom stereocenters. The lowest BCUT2D eigenvalue weighted by molar-refractivity contribution is -0.374. The van der Waals surface area contributed by atoms with E-state index in [2.05, 4.69) is 24.5 Å². The van der Waals surface area contributed by atoms with Gasteiger partial charge in [-0.15, -0.1) is 0 Å². The molecule has 3 rings (SSSR count). The molecule has 12 N–H and O–H groups in total. The molecule has 3 aliphatic heterocycles. The second kappa shape index (κ2) is 47.1. The summed E-state index contributed by atoms with van der Waals surface area (Å²) in [6, 6.07) is -2.40.